The third kappa shape index (κ3) is 7.62. The van der Waals surface area contributed by atoms with Crippen molar-refractivity contribution in [2.24, 2.45) is 0 Å². The van der Waals surface area contributed by atoms with Gasteiger partial charge in [0.15, 0.2) is 0 Å². The van der Waals surface area contributed by atoms with Gasteiger partial charge in [0.05, 0.1) is 6.10 Å². The van der Waals surface area contributed by atoms with Crippen LogP contribution in [0.2, 0.25) is 36.3 Å². The molecule has 2 aliphatic heterocycles. The molecule has 1 aromatic rings. The summed E-state index contributed by atoms with van der Waals surface area (Å²) in [7, 11) is -4.61. The standard InChI is InChI=1S/C30H48O7Si2/c1-19-15-25-27(35-25)23(32)14-12-13-21(31)16-20-17-22(36-38(8,9)29(2,3)4)18-24(26(20)28(33)34-19)37-39(10,11)30(5,6)7/h12,14,17-19,23,25,27,32H,13,15-16H2,1-11H3/b14-12+/t19-,23+,25-,27-/m1/s1. The molecular formula is C30H48O7Si2. The van der Waals surface area contributed by atoms with E-state index in [-0.39, 0.29) is 46.5 Å². The van der Waals surface area contributed by atoms with E-state index in [1.165, 1.54) is 0 Å². The zero-order valence-corrected chi connectivity index (χ0v) is 27.6. The smallest absolute Gasteiger partial charge is 0.342 e. The fourth-order valence-corrected chi connectivity index (χ4v) is 6.06. The van der Waals surface area contributed by atoms with Crippen molar-refractivity contribution in [2.75, 3.05) is 0 Å². The van der Waals surface area contributed by atoms with Crippen molar-refractivity contribution in [3.8, 4) is 11.5 Å². The molecule has 4 atom stereocenters. The minimum atomic E-state index is -2.38. The first kappa shape index (κ1) is 31.6. The molecule has 2 heterocycles. The number of fused-ring (bicyclic) bond motifs is 2. The van der Waals surface area contributed by atoms with Crippen LogP contribution in [-0.2, 0) is 20.7 Å². The lowest BCUT2D eigenvalue weighted by molar-refractivity contribution is -0.117. The van der Waals surface area contributed by atoms with Crippen molar-refractivity contribution in [3.63, 3.8) is 0 Å². The SMILES string of the molecule is C[C@@H]1C[C@H]2O[C@@H]2[C@@H](O)/C=C/CC(=O)Cc2cc(O[Si](C)(C)C(C)(C)C)cc(O[Si](C)(C)C(C)(C)C)c2C(=O)O1. The Morgan fingerprint density at radius 3 is 2.13 bits per heavy atom. The predicted octanol–water partition coefficient (Wildman–Crippen LogP) is 6.59. The van der Waals surface area contributed by atoms with Crippen LogP contribution in [0.4, 0.5) is 0 Å². The highest BCUT2D eigenvalue weighted by molar-refractivity contribution is 6.75. The van der Waals surface area contributed by atoms with Crippen LogP contribution in [0.15, 0.2) is 24.3 Å². The predicted molar refractivity (Wildman–Crippen MR) is 159 cm³/mol. The number of benzene rings is 1. The van der Waals surface area contributed by atoms with E-state index in [9.17, 15) is 14.7 Å². The molecule has 7 nitrogen and oxygen atoms in total. The van der Waals surface area contributed by atoms with Gasteiger partial charge in [-0.25, -0.2) is 4.79 Å². The number of ether oxygens (including phenoxy) is 2. The van der Waals surface area contributed by atoms with Gasteiger partial charge in [-0.3, -0.25) is 4.79 Å². The molecule has 0 aliphatic carbocycles. The van der Waals surface area contributed by atoms with E-state index >= 15 is 0 Å². The van der Waals surface area contributed by atoms with Crippen molar-refractivity contribution in [2.45, 2.75) is 128 Å². The number of ketones is 1. The molecule has 1 N–H and O–H groups in total. The summed E-state index contributed by atoms with van der Waals surface area (Å²) in [5.41, 5.74) is 0.825. The van der Waals surface area contributed by atoms with E-state index in [4.69, 9.17) is 18.3 Å². The first-order valence-electron chi connectivity index (χ1n) is 14.0. The van der Waals surface area contributed by atoms with Crippen LogP contribution >= 0.6 is 0 Å². The number of aliphatic hydroxyl groups is 1. The van der Waals surface area contributed by atoms with Crippen LogP contribution < -0.4 is 8.85 Å². The van der Waals surface area contributed by atoms with E-state index in [2.05, 4.69) is 67.7 Å². The zero-order valence-electron chi connectivity index (χ0n) is 25.6. The van der Waals surface area contributed by atoms with Crippen molar-refractivity contribution in [1.82, 2.24) is 0 Å². The van der Waals surface area contributed by atoms with Gasteiger partial charge in [-0.1, -0.05) is 53.7 Å². The Balaban J connectivity index is 2.15. The highest BCUT2D eigenvalue weighted by Crippen LogP contribution is 2.43. The molecule has 0 aromatic heterocycles. The molecule has 0 spiro atoms. The van der Waals surface area contributed by atoms with Crippen LogP contribution in [0.5, 0.6) is 11.5 Å². The number of epoxide rings is 1. The normalized spacial score (nSPS) is 26.1. The van der Waals surface area contributed by atoms with Gasteiger partial charge in [-0.15, -0.1) is 0 Å². The number of Topliss-reactive ketones (excluding diaryl/α,β-unsaturated/α-hetero) is 1. The Morgan fingerprint density at radius 1 is 0.949 bits per heavy atom. The number of carbonyl (C=O) groups is 2. The third-order valence-corrected chi connectivity index (χ3v) is 17.3. The van der Waals surface area contributed by atoms with Crippen molar-refractivity contribution in [3.05, 3.63) is 35.4 Å². The number of carbonyl (C=O) groups excluding carboxylic acids is 2. The maximum Gasteiger partial charge on any atom is 0.342 e. The van der Waals surface area contributed by atoms with E-state index in [0.29, 0.717) is 23.5 Å². The molecule has 1 aromatic carbocycles. The molecule has 1 fully saturated rings. The number of hydrogen-bond donors (Lipinski definition) is 1. The molecule has 3 rings (SSSR count). The summed E-state index contributed by atoms with van der Waals surface area (Å²) in [6.07, 6.45) is 2.13. The summed E-state index contributed by atoms with van der Waals surface area (Å²) in [5, 5.41) is 10.2. The lowest BCUT2D eigenvalue weighted by Crippen LogP contribution is -2.45. The molecule has 0 amide bonds. The molecule has 1 saturated heterocycles. The van der Waals surface area contributed by atoms with E-state index < -0.39 is 34.8 Å². The number of cyclic esters (lactones) is 1. The maximum atomic E-state index is 13.8. The molecule has 2 aliphatic rings. The van der Waals surface area contributed by atoms with Crippen LogP contribution in [0.25, 0.3) is 0 Å². The topological polar surface area (TPSA) is 94.6 Å². The maximum absolute atomic E-state index is 13.8. The quantitative estimate of drug-likeness (QED) is 0.187. The summed E-state index contributed by atoms with van der Waals surface area (Å²) in [6.45, 7) is 23.3. The molecule has 9 heteroatoms. The Kier molecular flexibility index (Phi) is 9.02. The summed E-state index contributed by atoms with van der Waals surface area (Å²) in [5.74, 6) is 0.400. The summed E-state index contributed by atoms with van der Waals surface area (Å²) >= 11 is 0. The van der Waals surface area contributed by atoms with Crippen LogP contribution in [0.3, 0.4) is 0 Å². The second-order valence-corrected chi connectivity index (χ2v) is 23.6. The first-order valence-corrected chi connectivity index (χ1v) is 19.8. The average molecular weight is 577 g/mol. The van der Waals surface area contributed by atoms with E-state index in [1.54, 1.807) is 12.2 Å². The van der Waals surface area contributed by atoms with Gasteiger partial charge in [-0.05, 0) is 54.8 Å². The number of aliphatic hydroxyl groups excluding tert-OH is 1. The van der Waals surface area contributed by atoms with Gasteiger partial charge >= 0.3 is 5.97 Å². The first-order chi connectivity index (χ1) is 17.7. The Morgan fingerprint density at radius 2 is 1.54 bits per heavy atom. The van der Waals surface area contributed by atoms with Crippen molar-refractivity contribution in [1.29, 1.82) is 0 Å². The zero-order chi connectivity index (χ0) is 29.6. The monoisotopic (exact) mass is 576 g/mol. The Labute approximate surface area is 236 Å². The molecular weight excluding hydrogens is 528 g/mol. The van der Waals surface area contributed by atoms with Crippen molar-refractivity contribution < 1.29 is 33.0 Å². The minimum Gasteiger partial charge on any atom is -0.543 e. The molecule has 39 heavy (non-hydrogen) atoms. The summed E-state index contributed by atoms with van der Waals surface area (Å²) in [6, 6.07) is 3.62. The highest BCUT2D eigenvalue weighted by Gasteiger charge is 2.45. The second kappa shape index (κ2) is 11.1. The Bertz CT molecular complexity index is 1110. The number of rotatable bonds is 4. The third-order valence-electron chi connectivity index (χ3n) is 8.61. The molecule has 0 unspecified atom stereocenters. The van der Waals surface area contributed by atoms with Crippen LogP contribution in [0.1, 0.15) is 77.2 Å². The van der Waals surface area contributed by atoms with Gasteiger partial charge in [0.25, 0.3) is 8.32 Å². The molecule has 0 saturated carbocycles. The lowest BCUT2D eigenvalue weighted by Gasteiger charge is -2.38. The van der Waals surface area contributed by atoms with Crippen LogP contribution in [-0.4, -0.2) is 57.9 Å². The van der Waals surface area contributed by atoms with Crippen molar-refractivity contribution >= 4 is 28.4 Å². The fraction of sp³-hybridized carbons (Fsp3) is 0.667. The van der Waals surface area contributed by atoms with Gasteiger partial charge in [0.2, 0.25) is 8.32 Å². The fourth-order valence-electron chi connectivity index (χ4n) is 4.03. The van der Waals surface area contributed by atoms with Crippen LogP contribution in [0, 0.1) is 0 Å². The second-order valence-electron chi connectivity index (χ2n) is 14.1. The Hall–Kier alpha value is -1.95. The summed E-state index contributed by atoms with van der Waals surface area (Å²) < 4.78 is 24.9. The summed E-state index contributed by atoms with van der Waals surface area (Å²) in [4.78, 5) is 26.9. The van der Waals surface area contributed by atoms with Gasteiger partial charge in [0, 0.05) is 25.3 Å². The molecule has 0 radical (unpaired) electrons. The van der Waals surface area contributed by atoms with E-state index in [1.807, 2.05) is 19.1 Å². The highest BCUT2D eigenvalue weighted by atomic mass is 28.4. The minimum absolute atomic E-state index is 0.0182. The van der Waals surface area contributed by atoms with E-state index in [0.717, 1.165) is 0 Å². The lowest BCUT2D eigenvalue weighted by atomic mass is 9.98. The van der Waals surface area contributed by atoms with Gasteiger partial charge < -0.3 is 23.4 Å². The largest absolute Gasteiger partial charge is 0.543 e. The van der Waals surface area contributed by atoms with Gasteiger partial charge in [-0.2, -0.15) is 0 Å². The van der Waals surface area contributed by atoms with Gasteiger partial charge in [0.1, 0.15) is 41.2 Å². The molecule has 0 bridgehead atoms. The number of allylic oxidation sites excluding steroid dienone is 1. The number of hydrogen-bond acceptors (Lipinski definition) is 7. The average Bonchev–Trinajstić information content (AvgIpc) is 3.49. The molecule has 218 valence electrons. The number of esters is 1.